The molecule has 9 aromatic rings. The van der Waals surface area contributed by atoms with Gasteiger partial charge in [0.15, 0.2) is 0 Å². The number of nitrogens with zero attached hydrogens (tertiary/aromatic N) is 6. The SMILES string of the molecule is CC1(C)c2nc(nc3[nH]c(nc4nc(nc5[nH]c(n2)c2cc(-c6ccccc6)c6ccccc6c52)C(C)(C)C4(C)C)c2c3cc(-c3ccccc3)c3ccccc32)C1(C)C. The maximum atomic E-state index is 5.49. The van der Waals surface area contributed by atoms with Gasteiger partial charge in [-0.2, -0.15) is 0 Å². The molecular formula is C52H46N8. The molecule has 8 bridgehead atoms. The highest BCUT2D eigenvalue weighted by Gasteiger charge is 2.50. The molecule has 5 heterocycles. The van der Waals surface area contributed by atoms with Crippen molar-refractivity contribution in [3.8, 4) is 22.3 Å². The lowest BCUT2D eigenvalue weighted by Crippen LogP contribution is -2.37. The summed E-state index contributed by atoms with van der Waals surface area (Å²) in [5.41, 5.74) is 5.43. The number of rotatable bonds is 2. The number of aromatic nitrogens is 8. The van der Waals surface area contributed by atoms with Crippen molar-refractivity contribution in [1.29, 1.82) is 0 Å². The smallest absolute Gasteiger partial charge is 0.142 e. The first-order valence-corrected chi connectivity index (χ1v) is 20.8. The monoisotopic (exact) mass is 782 g/mol. The molecule has 0 atom stereocenters. The zero-order chi connectivity index (χ0) is 41.3. The molecule has 2 aliphatic rings. The van der Waals surface area contributed by atoms with Crippen LogP contribution in [0.4, 0.5) is 0 Å². The Morgan fingerprint density at radius 3 is 0.967 bits per heavy atom. The Balaban J connectivity index is 1.35. The topological polar surface area (TPSA) is 109 Å². The lowest BCUT2D eigenvalue weighted by atomic mass is 9.69. The number of aromatic amines is 2. The zero-order valence-corrected chi connectivity index (χ0v) is 35.2. The Bertz CT molecular complexity index is 3200. The van der Waals surface area contributed by atoms with Crippen molar-refractivity contribution in [2.45, 2.75) is 77.0 Å². The Morgan fingerprint density at radius 1 is 0.317 bits per heavy atom. The summed E-state index contributed by atoms with van der Waals surface area (Å²) in [6.07, 6.45) is 0. The lowest BCUT2D eigenvalue weighted by Gasteiger charge is -2.32. The summed E-state index contributed by atoms with van der Waals surface area (Å²) in [5.74, 6) is 2.82. The van der Waals surface area contributed by atoms with E-state index in [-0.39, 0.29) is 0 Å². The summed E-state index contributed by atoms with van der Waals surface area (Å²) < 4.78 is 0. The van der Waals surface area contributed by atoms with Crippen LogP contribution in [0.25, 0.3) is 87.9 Å². The van der Waals surface area contributed by atoms with Crippen LogP contribution in [-0.2, 0) is 21.7 Å². The quantitative estimate of drug-likeness (QED) is 0.181. The molecule has 0 saturated carbocycles. The highest BCUT2D eigenvalue weighted by atomic mass is 15.1. The van der Waals surface area contributed by atoms with Crippen LogP contribution in [0.15, 0.2) is 121 Å². The first-order chi connectivity index (χ1) is 28.8. The van der Waals surface area contributed by atoms with Gasteiger partial charge in [-0.1, -0.05) is 165 Å². The second-order valence-corrected chi connectivity index (χ2v) is 18.6. The summed E-state index contributed by atoms with van der Waals surface area (Å²) in [7, 11) is 0. The van der Waals surface area contributed by atoms with Crippen molar-refractivity contribution in [2.24, 2.45) is 0 Å². The van der Waals surface area contributed by atoms with Gasteiger partial charge in [-0.15, -0.1) is 0 Å². The van der Waals surface area contributed by atoms with Gasteiger partial charge in [-0.25, -0.2) is 29.9 Å². The van der Waals surface area contributed by atoms with Gasteiger partial charge in [0, 0.05) is 43.2 Å². The fourth-order valence-corrected chi connectivity index (χ4v) is 9.14. The van der Waals surface area contributed by atoms with Crippen LogP contribution in [0.2, 0.25) is 0 Å². The maximum Gasteiger partial charge on any atom is 0.142 e. The largest absolute Gasteiger partial charge is 0.324 e. The number of fused-ring (bicyclic) bond motifs is 18. The molecule has 8 nitrogen and oxygen atoms in total. The van der Waals surface area contributed by atoms with Crippen LogP contribution in [0.5, 0.6) is 0 Å². The number of hydrogen-bond acceptors (Lipinski definition) is 6. The fourth-order valence-electron chi connectivity index (χ4n) is 9.14. The van der Waals surface area contributed by atoms with Gasteiger partial charge < -0.3 is 9.97 Å². The van der Waals surface area contributed by atoms with E-state index in [2.05, 4.69) is 187 Å². The average molecular weight is 783 g/mol. The number of H-pyrrole nitrogens is 2. The van der Waals surface area contributed by atoms with Gasteiger partial charge in [0.1, 0.15) is 45.9 Å². The molecule has 0 spiro atoms. The molecule has 6 aromatic carbocycles. The van der Waals surface area contributed by atoms with Gasteiger partial charge in [-0.3, -0.25) is 0 Å². The van der Waals surface area contributed by atoms with Crippen molar-refractivity contribution in [1.82, 2.24) is 39.9 Å². The highest BCUT2D eigenvalue weighted by Crippen LogP contribution is 2.48. The summed E-state index contributed by atoms with van der Waals surface area (Å²) >= 11 is 0. The van der Waals surface area contributed by atoms with Crippen molar-refractivity contribution in [2.75, 3.05) is 0 Å². The van der Waals surface area contributed by atoms with Gasteiger partial charge in [-0.05, 0) is 55.9 Å². The second-order valence-electron chi connectivity index (χ2n) is 18.6. The van der Waals surface area contributed by atoms with Crippen LogP contribution in [0.3, 0.4) is 0 Å². The third-order valence-corrected chi connectivity index (χ3v) is 14.4. The Kier molecular flexibility index (Phi) is 7.48. The summed E-state index contributed by atoms with van der Waals surface area (Å²) in [4.78, 5) is 40.1. The molecule has 11 rings (SSSR count). The Hall–Kier alpha value is -6.80. The summed E-state index contributed by atoms with van der Waals surface area (Å²) in [6.45, 7) is 17.8. The van der Waals surface area contributed by atoms with E-state index in [0.29, 0.717) is 45.9 Å². The number of hydrogen-bond donors (Lipinski definition) is 2. The first kappa shape index (κ1) is 36.3. The molecule has 0 aliphatic carbocycles. The minimum Gasteiger partial charge on any atom is -0.324 e. The third-order valence-electron chi connectivity index (χ3n) is 14.4. The molecule has 60 heavy (non-hydrogen) atoms. The lowest BCUT2D eigenvalue weighted by molar-refractivity contribution is 0.310. The normalized spacial score (nSPS) is 16.5. The van der Waals surface area contributed by atoms with Crippen LogP contribution in [-0.4, -0.2) is 39.9 Å². The van der Waals surface area contributed by atoms with E-state index in [9.17, 15) is 0 Å². The molecule has 0 radical (unpaired) electrons. The minimum atomic E-state index is -0.490. The first-order valence-electron chi connectivity index (χ1n) is 20.8. The fraction of sp³-hybridized carbons (Fsp3) is 0.231. The molecule has 8 heteroatoms. The average Bonchev–Trinajstić information content (AvgIpc) is 3.87. The Morgan fingerprint density at radius 2 is 0.617 bits per heavy atom. The molecule has 0 saturated heterocycles. The summed E-state index contributed by atoms with van der Waals surface area (Å²) in [5, 5.41) is 8.42. The van der Waals surface area contributed by atoms with Crippen LogP contribution in [0.1, 0.15) is 78.7 Å². The minimum absolute atomic E-state index is 0.489. The molecule has 294 valence electrons. The standard InChI is InChI=1S/C52H46N8/c1-49(2)45-55-41-37-27-35(29-19-11-9-12-20-29)31-23-15-17-25-33(31)39(37)43(53-41)57-47-51(5,6)52(7,8)48(60-47)58-44-40-34-26-18-16-24-32(34)36(30-21-13-10-14-22-30)28-38(40)42(54-44)56-46(59-45)50(49,3)4/h9-28H,1-8H3,(H2,53,54,55,56,57,58,59,60). The molecule has 0 unspecified atom stereocenters. The van der Waals surface area contributed by atoms with Crippen LogP contribution in [0, 0.1) is 0 Å². The number of nitrogens with one attached hydrogen (secondary N) is 2. The second kappa shape index (κ2) is 12.4. The van der Waals surface area contributed by atoms with E-state index < -0.39 is 21.7 Å². The molecule has 2 aliphatic heterocycles. The van der Waals surface area contributed by atoms with Crippen molar-refractivity contribution in [3.05, 3.63) is 145 Å². The van der Waals surface area contributed by atoms with Gasteiger partial charge in [0.05, 0.1) is 0 Å². The molecule has 3 aromatic heterocycles. The van der Waals surface area contributed by atoms with Crippen LogP contribution < -0.4 is 0 Å². The van der Waals surface area contributed by atoms with E-state index >= 15 is 0 Å². The van der Waals surface area contributed by atoms with Gasteiger partial charge >= 0.3 is 0 Å². The third kappa shape index (κ3) is 4.97. The highest BCUT2D eigenvalue weighted by molar-refractivity contribution is 6.23. The summed E-state index contributed by atoms with van der Waals surface area (Å²) in [6, 6.07) is 42.8. The molecule has 0 amide bonds. The predicted octanol–water partition coefficient (Wildman–Crippen LogP) is 12.4. The molecular weight excluding hydrogens is 737 g/mol. The molecule has 2 N–H and O–H groups in total. The van der Waals surface area contributed by atoms with Crippen molar-refractivity contribution >= 4 is 65.7 Å². The van der Waals surface area contributed by atoms with Gasteiger partial charge in [0.25, 0.3) is 0 Å². The van der Waals surface area contributed by atoms with E-state index in [4.69, 9.17) is 29.9 Å². The maximum absolute atomic E-state index is 5.49. The van der Waals surface area contributed by atoms with Crippen molar-refractivity contribution in [3.63, 3.8) is 0 Å². The van der Waals surface area contributed by atoms with Crippen molar-refractivity contribution < 1.29 is 0 Å². The van der Waals surface area contributed by atoms with Gasteiger partial charge in [0.2, 0.25) is 0 Å². The predicted molar refractivity (Wildman–Crippen MR) is 245 cm³/mol. The zero-order valence-electron chi connectivity index (χ0n) is 35.2. The molecule has 0 fully saturated rings. The van der Waals surface area contributed by atoms with E-state index in [1.165, 1.54) is 0 Å². The van der Waals surface area contributed by atoms with E-state index in [1.54, 1.807) is 0 Å². The Labute approximate surface area is 348 Å². The van der Waals surface area contributed by atoms with E-state index in [1.807, 2.05) is 0 Å². The number of benzene rings is 6. The van der Waals surface area contributed by atoms with E-state index in [0.717, 1.165) is 65.3 Å². The van der Waals surface area contributed by atoms with Crippen LogP contribution >= 0.6 is 0 Å².